The third-order valence-electron chi connectivity index (χ3n) is 5.04. The van der Waals surface area contributed by atoms with E-state index in [1.807, 2.05) is 31.2 Å². The van der Waals surface area contributed by atoms with Crippen LogP contribution in [0.5, 0.6) is 0 Å². The molecule has 11 nitrogen and oxygen atoms in total. The van der Waals surface area contributed by atoms with Crippen LogP contribution >= 0.6 is 0 Å². The van der Waals surface area contributed by atoms with E-state index in [4.69, 9.17) is 15.2 Å². The molecular weight excluding hydrogens is 460 g/mol. The topological polar surface area (TPSA) is 150 Å². The number of ether oxygens (including phenoxy) is 2. The fourth-order valence-electron chi connectivity index (χ4n) is 3.24. The maximum Gasteiger partial charge on any atom is 0.338 e. The summed E-state index contributed by atoms with van der Waals surface area (Å²) in [5, 5.41) is 3.03. The number of nitrogen functional groups attached to an aromatic ring is 1. The molecule has 0 bridgehead atoms. The van der Waals surface area contributed by atoms with Crippen molar-refractivity contribution in [2.45, 2.75) is 18.4 Å². The minimum absolute atomic E-state index is 0.0201. The quantitative estimate of drug-likeness (QED) is 0.476. The van der Waals surface area contributed by atoms with Crippen LogP contribution in [0.4, 0.5) is 17.6 Å². The Morgan fingerprint density at radius 3 is 2.41 bits per heavy atom. The van der Waals surface area contributed by atoms with Gasteiger partial charge in [-0.3, -0.25) is 0 Å². The fraction of sp³-hybridized carbons (Fsp3) is 0.273. The Kier molecular flexibility index (Phi) is 7.01. The van der Waals surface area contributed by atoms with Crippen molar-refractivity contribution in [2.24, 2.45) is 0 Å². The predicted octanol–water partition coefficient (Wildman–Crippen LogP) is 1.88. The number of hydrogen-bond donors (Lipinski definition) is 2. The molecule has 0 saturated carbocycles. The molecule has 0 atom stereocenters. The number of rotatable bonds is 7. The minimum Gasteiger partial charge on any atom is -0.454 e. The molecule has 1 aliphatic rings. The van der Waals surface area contributed by atoms with Crippen molar-refractivity contribution in [3.05, 3.63) is 65.5 Å². The molecule has 0 unspecified atom stereocenters. The second-order valence-corrected chi connectivity index (χ2v) is 9.48. The zero-order valence-electron chi connectivity index (χ0n) is 18.5. The molecule has 34 heavy (non-hydrogen) atoms. The summed E-state index contributed by atoms with van der Waals surface area (Å²) < 4.78 is 37.2. The van der Waals surface area contributed by atoms with E-state index in [0.717, 1.165) is 11.3 Å². The van der Waals surface area contributed by atoms with Gasteiger partial charge in [0.15, 0.2) is 12.4 Å². The number of anilines is 3. The lowest BCUT2D eigenvalue weighted by atomic mass is 10.2. The normalized spacial score (nSPS) is 14.5. The molecule has 2 aromatic carbocycles. The zero-order valence-corrected chi connectivity index (χ0v) is 19.3. The monoisotopic (exact) mass is 484 g/mol. The maximum absolute atomic E-state index is 12.7. The second kappa shape index (κ2) is 10.1. The Morgan fingerprint density at radius 2 is 1.74 bits per heavy atom. The molecule has 3 aromatic rings. The molecular formula is C22H24N6O5S. The number of aryl methyl sites for hydroxylation is 1. The molecule has 3 N–H and O–H groups in total. The number of esters is 1. The smallest absolute Gasteiger partial charge is 0.338 e. The lowest BCUT2D eigenvalue weighted by molar-refractivity contribution is 0.0462. The van der Waals surface area contributed by atoms with Gasteiger partial charge in [0.2, 0.25) is 21.9 Å². The van der Waals surface area contributed by atoms with Gasteiger partial charge in [-0.1, -0.05) is 17.7 Å². The van der Waals surface area contributed by atoms with E-state index in [9.17, 15) is 13.2 Å². The van der Waals surface area contributed by atoms with Crippen molar-refractivity contribution in [2.75, 3.05) is 37.4 Å². The molecule has 0 spiro atoms. The first-order chi connectivity index (χ1) is 16.3. The SMILES string of the molecule is Cc1ccc(Nc2nc(N)nc(COC(=O)c3ccc(S(=O)(=O)N4CCOCC4)cc3)n2)cc1. The van der Waals surface area contributed by atoms with Crippen LogP contribution in [0, 0.1) is 6.92 Å². The number of nitrogens with two attached hydrogens (primary N) is 1. The average molecular weight is 485 g/mol. The van der Waals surface area contributed by atoms with E-state index in [1.165, 1.54) is 28.6 Å². The third-order valence-corrected chi connectivity index (χ3v) is 6.95. The van der Waals surface area contributed by atoms with Crippen molar-refractivity contribution in [1.82, 2.24) is 19.3 Å². The lowest BCUT2D eigenvalue weighted by Gasteiger charge is -2.26. The molecule has 1 fully saturated rings. The summed E-state index contributed by atoms with van der Waals surface area (Å²) in [7, 11) is -3.64. The highest BCUT2D eigenvalue weighted by Gasteiger charge is 2.26. The van der Waals surface area contributed by atoms with Crippen molar-refractivity contribution in [3.63, 3.8) is 0 Å². The van der Waals surface area contributed by atoms with Gasteiger partial charge in [-0.15, -0.1) is 0 Å². The summed E-state index contributed by atoms with van der Waals surface area (Å²) >= 11 is 0. The number of benzene rings is 2. The van der Waals surface area contributed by atoms with E-state index in [0.29, 0.717) is 26.3 Å². The highest BCUT2D eigenvalue weighted by molar-refractivity contribution is 7.89. The molecule has 0 amide bonds. The molecule has 12 heteroatoms. The number of nitrogens with one attached hydrogen (secondary N) is 1. The van der Waals surface area contributed by atoms with E-state index in [1.54, 1.807) is 0 Å². The number of carbonyl (C=O) groups excluding carboxylic acids is 1. The fourth-order valence-corrected chi connectivity index (χ4v) is 4.64. The van der Waals surface area contributed by atoms with Crippen LogP contribution < -0.4 is 11.1 Å². The van der Waals surface area contributed by atoms with E-state index < -0.39 is 16.0 Å². The van der Waals surface area contributed by atoms with Crippen LogP contribution in [0.3, 0.4) is 0 Å². The van der Waals surface area contributed by atoms with Gasteiger partial charge in [-0.25, -0.2) is 13.2 Å². The standard InChI is InChI=1S/C22H24N6O5S/c1-15-2-6-17(7-3-15)24-22-26-19(25-21(23)27-22)14-33-20(29)16-4-8-18(9-5-16)34(30,31)28-10-12-32-13-11-28/h2-9H,10-14H2,1H3,(H3,23,24,25,26,27). The molecule has 0 radical (unpaired) electrons. The van der Waals surface area contributed by atoms with Crippen LogP contribution in [0.2, 0.25) is 0 Å². The Bertz CT molecular complexity index is 1260. The van der Waals surface area contributed by atoms with Gasteiger partial charge in [-0.05, 0) is 43.3 Å². The molecule has 2 heterocycles. The van der Waals surface area contributed by atoms with Gasteiger partial charge in [0, 0.05) is 18.8 Å². The van der Waals surface area contributed by atoms with E-state index in [-0.39, 0.29) is 34.8 Å². The Morgan fingerprint density at radius 1 is 1.06 bits per heavy atom. The van der Waals surface area contributed by atoms with E-state index >= 15 is 0 Å². The molecule has 178 valence electrons. The zero-order chi connectivity index (χ0) is 24.1. The maximum atomic E-state index is 12.7. The predicted molar refractivity (Wildman–Crippen MR) is 124 cm³/mol. The first kappa shape index (κ1) is 23.5. The van der Waals surface area contributed by atoms with Gasteiger partial charge in [0.05, 0.1) is 23.7 Å². The number of aromatic nitrogens is 3. The van der Waals surface area contributed by atoms with Crippen LogP contribution in [0.25, 0.3) is 0 Å². The molecule has 1 aliphatic heterocycles. The van der Waals surface area contributed by atoms with Crippen LogP contribution in [0.15, 0.2) is 53.4 Å². The van der Waals surface area contributed by atoms with Gasteiger partial charge in [0.1, 0.15) is 0 Å². The largest absolute Gasteiger partial charge is 0.454 e. The van der Waals surface area contributed by atoms with Gasteiger partial charge in [0.25, 0.3) is 0 Å². The number of hydrogen-bond acceptors (Lipinski definition) is 10. The van der Waals surface area contributed by atoms with Crippen LogP contribution in [-0.2, 0) is 26.1 Å². The highest BCUT2D eigenvalue weighted by atomic mass is 32.2. The second-order valence-electron chi connectivity index (χ2n) is 7.54. The summed E-state index contributed by atoms with van der Waals surface area (Å²) in [6.07, 6.45) is 0. The van der Waals surface area contributed by atoms with Crippen LogP contribution in [-0.4, -0.2) is 59.9 Å². The molecule has 4 rings (SSSR count). The van der Waals surface area contributed by atoms with Gasteiger partial charge >= 0.3 is 5.97 Å². The summed E-state index contributed by atoms with van der Waals surface area (Å²) in [6, 6.07) is 13.2. The third kappa shape index (κ3) is 5.65. The van der Waals surface area contributed by atoms with Crippen LogP contribution in [0.1, 0.15) is 21.7 Å². The number of morpholine rings is 1. The first-order valence-electron chi connectivity index (χ1n) is 10.5. The summed E-state index contributed by atoms with van der Waals surface area (Å²) in [6.45, 7) is 3.04. The summed E-state index contributed by atoms with van der Waals surface area (Å²) in [5.41, 5.74) is 7.84. The van der Waals surface area contributed by atoms with E-state index in [2.05, 4.69) is 20.3 Å². The number of nitrogens with zero attached hydrogens (tertiary/aromatic N) is 4. The highest BCUT2D eigenvalue weighted by Crippen LogP contribution is 2.19. The summed E-state index contributed by atoms with van der Waals surface area (Å²) in [4.78, 5) is 24.8. The van der Waals surface area contributed by atoms with Crippen molar-refractivity contribution >= 4 is 33.6 Å². The Hall–Kier alpha value is -3.61. The van der Waals surface area contributed by atoms with Crippen molar-refractivity contribution < 1.29 is 22.7 Å². The van der Waals surface area contributed by atoms with Crippen molar-refractivity contribution in [1.29, 1.82) is 0 Å². The molecule has 0 aliphatic carbocycles. The summed E-state index contributed by atoms with van der Waals surface area (Å²) in [5.74, 6) is -0.280. The number of sulfonamides is 1. The van der Waals surface area contributed by atoms with Gasteiger partial charge < -0.3 is 20.5 Å². The average Bonchev–Trinajstić information content (AvgIpc) is 2.84. The minimum atomic E-state index is -3.64. The van der Waals surface area contributed by atoms with Crippen molar-refractivity contribution in [3.8, 4) is 0 Å². The molecule has 1 aromatic heterocycles. The Balaban J connectivity index is 1.39. The Labute approximate surface area is 197 Å². The number of carbonyl (C=O) groups is 1. The van der Waals surface area contributed by atoms with Gasteiger partial charge in [-0.2, -0.15) is 19.3 Å². The molecule has 1 saturated heterocycles. The lowest BCUT2D eigenvalue weighted by Crippen LogP contribution is -2.40. The first-order valence-corrected chi connectivity index (χ1v) is 11.9.